The number of aromatic nitrogens is 3. The number of hydrogen-bond donors (Lipinski definition) is 2. The van der Waals surface area contributed by atoms with Gasteiger partial charge in [0.15, 0.2) is 0 Å². The van der Waals surface area contributed by atoms with Gasteiger partial charge >= 0.3 is 0 Å². The van der Waals surface area contributed by atoms with Gasteiger partial charge in [-0.3, -0.25) is 4.79 Å². The zero-order valence-corrected chi connectivity index (χ0v) is 13.8. The van der Waals surface area contributed by atoms with Gasteiger partial charge in [-0.05, 0) is 25.3 Å². The summed E-state index contributed by atoms with van der Waals surface area (Å²) in [5.74, 6) is -0.0132. The zero-order chi connectivity index (χ0) is 16.0. The average Bonchev–Trinajstić information content (AvgIpc) is 2.99. The van der Waals surface area contributed by atoms with Crippen LogP contribution in [0.5, 0.6) is 0 Å². The third-order valence-corrected chi connectivity index (χ3v) is 4.89. The van der Waals surface area contributed by atoms with E-state index in [0.717, 1.165) is 50.7 Å². The molecule has 0 saturated heterocycles. The first-order valence-corrected chi connectivity index (χ1v) is 8.71. The number of hydrogen-bond acceptors (Lipinski definition) is 4. The molecule has 1 aliphatic rings. The highest BCUT2D eigenvalue weighted by molar-refractivity contribution is 7.98. The van der Waals surface area contributed by atoms with Crippen LogP contribution in [0, 0.1) is 6.92 Å². The SMILES string of the molecule is CSc1nc2c(-c3cc4c([nH]3)CCNC4=O)cccc2nc1C. The van der Waals surface area contributed by atoms with Gasteiger partial charge < -0.3 is 10.3 Å². The molecule has 0 saturated carbocycles. The Kier molecular flexibility index (Phi) is 3.34. The van der Waals surface area contributed by atoms with Gasteiger partial charge in [0.25, 0.3) is 5.91 Å². The highest BCUT2D eigenvalue weighted by Crippen LogP contribution is 2.30. The smallest absolute Gasteiger partial charge is 0.253 e. The number of nitrogens with one attached hydrogen (secondary N) is 2. The van der Waals surface area contributed by atoms with Crippen molar-refractivity contribution in [2.45, 2.75) is 18.4 Å². The molecule has 0 radical (unpaired) electrons. The van der Waals surface area contributed by atoms with E-state index in [1.54, 1.807) is 11.8 Å². The number of para-hydroxylation sites is 1. The first kappa shape index (κ1) is 14.3. The Bertz CT molecular complexity index is 932. The van der Waals surface area contributed by atoms with E-state index < -0.39 is 0 Å². The van der Waals surface area contributed by atoms with Gasteiger partial charge in [-0.25, -0.2) is 9.97 Å². The Hall–Kier alpha value is -2.34. The Morgan fingerprint density at radius 2 is 2.09 bits per heavy atom. The summed E-state index contributed by atoms with van der Waals surface area (Å²) in [5.41, 5.74) is 6.29. The third-order valence-electron chi connectivity index (χ3n) is 4.11. The number of carbonyl (C=O) groups is 1. The van der Waals surface area contributed by atoms with Crippen molar-refractivity contribution in [3.8, 4) is 11.3 Å². The summed E-state index contributed by atoms with van der Waals surface area (Å²) in [6.07, 6.45) is 2.83. The van der Waals surface area contributed by atoms with Crippen LogP contribution < -0.4 is 5.32 Å². The van der Waals surface area contributed by atoms with Gasteiger partial charge in [0, 0.05) is 29.9 Å². The zero-order valence-electron chi connectivity index (χ0n) is 12.9. The molecule has 0 bridgehead atoms. The Morgan fingerprint density at radius 1 is 1.22 bits per heavy atom. The van der Waals surface area contributed by atoms with Crippen molar-refractivity contribution >= 4 is 28.7 Å². The van der Waals surface area contributed by atoms with Gasteiger partial charge in [-0.15, -0.1) is 11.8 Å². The van der Waals surface area contributed by atoms with Crippen LogP contribution in [0.2, 0.25) is 0 Å². The maximum absolute atomic E-state index is 12.0. The van der Waals surface area contributed by atoms with Crippen LogP contribution in [-0.4, -0.2) is 33.7 Å². The lowest BCUT2D eigenvalue weighted by atomic mass is 10.1. The maximum atomic E-state index is 12.0. The van der Waals surface area contributed by atoms with Crippen molar-refractivity contribution in [1.82, 2.24) is 20.3 Å². The predicted octanol–water partition coefficient (Wildman–Crippen LogP) is 2.94. The second-order valence-electron chi connectivity index (χ2n) is 5.57. The van der Waals surface area contributed by atoms with Gasteiger partial charge in [-0.2, -0.15) is 0 Å². The van der Waals surface area contributed by atoms with E-state index in [1.165, 1.54) is 0 Å². The molecule has 0 aliphatic carbocycles. The molecule has 3 heterocycles. The Labute approximate surface area is 137 Å². The van der Waals surface area contributed by atoms with Crippen LogP contribution in [0.4, 0.5) is 0 Å². The standard InChI is InChI=1S/C17H16N4OS/c1-9-17(23-2)21-15-10(4-3-5-13(15)19-9)14-8-11-12(20-14)6-7-18-16(11)22/h3-5,8,20H,6-7H2,1-2H3,(H,18,22). The number of rotatable bonds is 2. The summed E-state index contributed by atoms with van der Waals surface area (Å²) < 4.78 is 0. The quantitative estimate of drug-likeness (QED) is 0.711. The van der Waals surface area contributed by atoms with Gasteiger partial charge in [0.1, 0.15) is 5.03 Å². The molecular formula is C17H16N4OS. The van der Waals surface area contributed by atoms with Gasteiger partial charge in [-0.1, -0.05) is 12.1 Å². The largest absolute Gasteiger partial charge is 0.358 e. The maximum Gasteiger partial charge on any atom is 0.253 e. The van der Waals surface area contributed by atoms with E-state index >= 15 is 0 Å². The fraction of sp³-hybridized carbons (Fsp3) is 0.235. The van der Waals surface area contributed by atoms with Crippen molar-refractivity contribution in [2.24, 2.45) is 0 Å². The molecular weight excluding hydrogens is 308 g/mol. The number of thioether (sulfide) groups is 1. The van der Waals surface area contributed by atoms with Crippen LogP contribution in [-0.2, 0) is 6.42 Å². The van der Waals surface area contributed by atoms with E-state index in [9.17, 15) is 4.79 Å². The van der Waals surface area contributed by atoms with Gasteiger partial charge in [0.2, 0.25) is 0 Å². The molecule has 0 spiro atoms. The fourth-order valence-corrected chi connectivity index (χ4v) is 3.52. The van der Waals surface area contributed by atoms with Crippen LogP contribution in [0.1, 0.15) is 21.7 Å². The highest BCUT2D eigenvalue weighted by Gasteiger charge is 2.21. The third kappa shape index (κ3) is 2.30. The number of carbonyl (C=O) groups excluding carboxylic acids is 1. The van der Waals surface area contributed by atoms with Gasteiger partial charge in [0.05, 0.1) is 22.3 Å². The summed E-state index contributed by atoms with van der Waals surface area (Å²) in [4.78, 5) is 24.8. The van der Waals surface area contributed by atoms with E-state index in [1.807, 2.05) is 37.4 Å². The molecule has 0 fully saturated rings. The molecule has 3 aromatic rings. The average molecular weight is 324 g/mol. The first-order chi connectivity index (χ1) is 11.2. The van der Waals surface area contributed by atoms with E-state index in [2.05, 4.69) is 15.3 Å². The first-order valence-electron chi connectivity index (χ1n) is 7.49. The highest BCUT2D eigenvalue weighted by atomic mass is 32.2. The fourth-order valence-electron chi connectivity index (χ4n) is 3.00. The Balaban J connectivity index is 1.94. The lowest BCUT2D eigenvalue weighted by Gasteiger charge is -2.11. The van der Waals surface area contributed by atoms with Crippen molar-refractivity contribution in [3.05, 3.63) is 41.2 Å². The van der Waals surface area contributed by atoms with Crippen molar-refractivity contribution in [2.75, 3.05) is 12.8 Å². The molecule has 1 aliphatic heterocycles. The lowest BCUT2D eigenvalue weighted by molar-refractivity contribution is 0.0946. The van der Waals surface area contributed by atoms with Crippen LogP contribution in [0.3, 0.4) is 0 Å². The molecule has 1 amide bonds. The minimum Gasteiger partial charge on any atom is -0.358 e. The molecule has 6 heteroatoms. The number of amides is 1. The summed E-state index contributed by atoms with van der Waals surface area (Å²) in [6.45, 7) is 2.65. The van der Waals surface area contributed by atoms with Crippen LogP contribution in [0.25, 0.3) is 22.3 Å². The Morgan fingerprint density at radius 3 is 2.87 bits per heavy atom. The molecule has 23 heavy (non-hydrogen) atoms. The number of nitrogens with zero attached hydrogens (tertiary/aromatic N) is 2. The van der Waals surface area contributed by atoms with E-state index in [-0.39, 0.29) is 5.91 Å². The van der Waals surface area contributed by atoms with Crippen molar-refractivity contribution in [1.29, 1.82) is 0 Å². The van der Waals surface area contributed by atoms with Crippen molar-refractivity contribution < 1.29 is 4.79 Å². The number of aryl methyl sites for hydroxylation is 1. The monoisotopic (exact) mass is 324 g/mol. The summed E-state index contributed by atoms with van der Waals surface area (Å²) in [7, 11) is 0. The minimum absolute atomic E-state index is 0.0132. The molecule has 2 aromatic heterocycles. The normalized spacial score (nSPS) is 13.9. The van der Waals surface area contributed by atoms with E-state index in [0.29, 0.717) is 6.54 Å². The minimum atomic E-state index is -0.0132. The van der Waals surface area contributed by atoms with E-state index in [4.69, 9.17) is 4.98 Å². The molecule has 116 valence electrons. The number of fused-ring (bicyclic) bond motifs is 2. The molecule has 1 aromatic carbocycles. The molecule has 0 atom stereocenters. The van der Waals surface area contributed by atoms with Crippen molar-refractivity contribution in [3.63, 3.8) is 0 Å². The number of aromatic amines is 1. The molecule has 5 nitrogen and oxygen atoms in total. The molecule has 0 unspecified atom stereocenters. The van der Waals surface area contributed by atoms with Crippen LogP contribution >= 0.6 is 11.8 Å². The summed E-state index contributed by atoms with van der Waals surface area (Å²) >= 11 is 1.59. The topological polar surface area (TPSA) is 70.7 Å². The second-order valence-corrected chi connectivity index (χ2v) is 6.37. The molecule has 4 rings (SSSR count). The lowest BCUT2D eigenvalue weighted by Crippen LogP contribution is -2.31. The second kappa shape index (κ2) is 5.38. The number of benzene rings is 1. The predicted molar refractivity (Wildman–Crippen MR) is 91.9 cm³/mol. The number of H-pyrrole nitrogens is 1. The molecule has 2 N–H and O–H groups in total. The van der Waals surface area contributed by atoms with Crippen LogP contribution in [0.15, 0.2) is 29.3 Å². The summed E-state index contributed by atoms with van der Waals surface area (Å²) in [6, 6.07) is 7.88. The summed E-state index contributed by atoms with van der Waals surface area (Å²) in [5, 5.41) is 3.81.